The van der Waals surface area contributed by atoms with Crippen molar-refractivity contribution in [3.8, 4) is 0 Å². The molecule has 0 amide bonds. The average molecular weight is 1190 g/mol. The third kappa shape index (κ3) is 26.4. The lowest BCUT2D eigenvalue weighted by atomic mass is 10.2. The monoisotopic (exact) mass is 1190 g/mol. The molecule has 21 heteroatoms. The molecule has 0 saturated carbocycles. The highest BCUT2D eigenvalue weighted by Crippen LogP contribution is 2.20. The van der Waals surface area contributed by atoms with Crippen molar-refractivity contribution in [3.63, 3.8) is 0 Å². The summed E-state index contributed by atoms with van der Waals surface area (Å²) in [5, 5.41) is 25.3. The number of hydrogen-bond acceptors (Lipinski definition) is 16. The summed E-state index contributed by atoms with van der Waals surface area (Å²) in [6, 6.07) is 42.4. The van der Waals surface area contributed by atoms with Gasteiger partial charge in [0.1, 0.15) is 0 Å². The van der Waals surface area contributed by atoms with Crippen molar-refractivity contribution in [1.82, 2.24) is 49.3 Å². The van der Waals surface area contributed by atoms with E-state index in [1.54, 1.807) is 0 Å². The molecule has 18 nitrogen and oxygen atoms in total. The third-order valence-corrected chi connectivity index (χ3v) is 15.8. The van der Waals surface area contributed by atoms with Crippen LogP contribution in [0.3, 0.4) is 0 Å². The first kappa shape index (κ1) is 67.9. The number of rotatable bonds is 14. The zero-order chi connectivity index (χ0) is 56.4. The van der Waals surface area contributed by atoms with Crippen molar-refractivity contribution >= 4 is 33.7 Å². The maximum atomic E-state index is 11.0. The number of likely N-dealkylation sites (tertiary alicyclic amines) is 4. The van der Waals surface area contributed by atoms with Gasteiger partial charge in [-0.25, -0.2) is 9.97 Å². The second-order valence-electron chi connectivity index (χ2n) is 21.5. The fraction of sp³-hybridized carbons (Fsp3) is 0.508. The molecule has 6 saturated heterocycles. The Kier molecular flexibility index (Phi) is 29.9. The summed E-state index contributed by atoms with van der Waals surface area (Å²) in [4.78, 5) is 17.0. The van der Waals surface area contributed by atoms with E-state index in [1.807, 2.05) is 86.0 Å². The summed E-state index contributed by atoms with van der Waals surface area (Å²) >= 11 is 0. The van der Waals surface area contributed by atoms with E-state index in [9.17, 15) is 27.0 Å². The van der Waals surface area contributed by atoms with E-state index in [0.29, 0.717) is 25.2 Å². The van der Waals surface area contributed by atoms with Crippen molar-refractivity contribution in [2.45, 2.75) is 109 Å². The Hall–Kier alpha value is -4.85. The van der Waals surface area contributed by atoms with Gasteiger partial charge in [-0.15, -0.1) is 0 Å². The quantitative estimate of drug-likeness (QED) is 0.0854. The van der Waals surface area contributed by atoms with Crippen LogP contribution in [0.2, 0.25) is 0 Å². The smallest absolute Gasteiger partial charge is 0.264 e. The maximum absolute atomic E-state index is 11.0. The number of aromatic nitrogens is 4. The van der Waals surface area contributed by atoms with Gasteiger partial charge in [-0.2, -0.15) is 30.3 Å². The number of nitrogens with one attached hydrogen (secondary N) is 2. The lowest BCUT2D eigenvalue weighted by Crippen LogP contribution is -2.24. The van der Waals surface area contributed by atoms with Gasteiger partial charge in [-0.3, -0.25) is 28.0 Å². The molecule has 8 heterocycles. The molecule has 0 radical (unpaired) electrons. The number of aliphatic hydroxyl groups excluding tert-OH is 2. The van der Waals surface area contributed by atoms with Crippen LogP contribution >= 0.6 is 13.5 Å². The van der Waals surface area contributed by atoms with Crippen LogP contribution in [-0.4, -0.2) is 181 Å². The fourth-order valence-corrected chi connectivity index (χ4v) is 11.9. The summed E-state index contributed by atoms with van der Waals surface area (Å²) in [5.74, 6) is 0. The lowest BCUT2D eigenvalue weighted by molar-refractivity contribution is 0.174. The van der Waals surface area contributed by atoms with Gasteiger partial charge < -0.3 is 30.0 Å². The van der Waals surface area contributed by atoms with Crippen LogP contribution in [-0.2, 0) is 54.8 Å². The highest BCUT2D eigenvalue weighted by atomic mass is 32.2. The predicted octanol–water partition coefficient (Wildman–Crippen LogP) is 6.56. The van der Waals surface area contributed by atoms with Gasteiger partial charge in [0.2, 0.25) is 0 Å². The zero-order valence-electron chi connectivity index (χ0n) is 47.3. The van der Waals surface area contributed by atoms with Gasteiger partial charge in [-0.05, 0) is 73.9 Å². The van der Waals surface area contributed by atoms with Crippen LogP contribution in [0.15, 0.2) is 159 Å². The Morgan fingerprint density at radius 3 is 1.02 bits per heavy atom. The van der Waals surface area contributed by atoms with Crippen LogP contribution < -0.4 is 10.6 Å². The Labute approximate surface area is 496 Å². The topological polar surface area (TPSA) is 200 Å². The highest BCUT2D eigenvalue weighted by molar-refractivity contribution is 7.86. The van der Waals surface area contributed by atoms with Gasteiger partial charge in [0, 0.05) is 128 Å². The minimum Gasteiger partial charge on any atom is -0.392 e. The molecule has 0 unspecified atom stereocenters. The maximum Gasteiger partial charge on any atom is 0.264 e. The van der Waals surface area contributed by atoms with Crippen LogP contribution in [0, 0.1) is 0 Å². The molecule has 82 heavy (non-hydrogen) atoms. The molecular formula is C61H92N10O8S3. The SMILES string of the molecule is C.CS(=O)(=O)O[C@@H]1CCN(Cc2ccccc2)C1.CS(=O)(=O)O[C@H]1CCN(Cc2ccccc2)C1.O[C@@H]1CCN(Cc2ccccc2)C1.O[C@H]1CCN(Cc2ccccc2)C1.S.c1cn([C@@H]2CCNC2)cn1.c1cn([C@H]2CCNC2)cn1. The summed E-state index contributed by atoms with van der Waals surface area (Å²) in [5.41, 5.74) is 5.15. The van der Waals surface area contributed by atoms with Crippen LogP contribution in [0.5, 0.6) is 0 Å². The summed E-state index contributed by atoms with van der Waals surface area (Å²) in [7, 11) is -6.66. The molecule has 6 fully saturated rings. The lowest BCUT2D eigenvalue weighted by Gasteiger charge is -2.15. The third-order valence-electron chi connectivity index (χ3n) is 14.5. The molecule has 4 N–H and O–H groups in total. The van der Waals surface area contributed by atoms with Crippen LogP contribution in [0.4, 0.5) is 0 Å². The molecule has 0 aliphatic carbocycles. The van der Waals surface area contributed by atoms with Crippen molar-refractivity contribution < 1.29 is 35.4 Å². The normalized spacial score (nSPS) is 22.7. The Balaban J connectivity index is 0.000000181. The molecule has 6 aliphatic rings. The molecule has 0 bridgehead atoms. The zero-order valence-corrected chi connectivity index (χ0v) is 49.9. The number of aliphatic hydroxyl groups is 2. The molecule has 2 aromatic heterocycles. The number of benzene rings is 4. The summed E-state index contributed by atoms with van der Waals surface area (Å²) in [6.07, 6.45) is 19.0. The van der Waals surface area contributed by atoms with E-state index >= 15 is 0 Å². The highest BCUT2D eigenvalue weighted by Gasteiger charge is 2.28. The van der Waals surface area contributed by atoms with E-state index < -0.39 is 20.2 Å². The molecule has 0 spiro atoms. The molecular weight excluding hydrogens is 1100 g/mol. The van der Waals surface area contributed by atoms with Gasteiger partial charge >= 0.3 is 0 Å². The number of nitrogens with zero attached hydrogens (tertiary/aromatic N) is 8. The van der Waals surface area contributed by atoms with Gasteiger partial charge in [0.15, 0.2) is 0 Å². The van der Waals surface area contributed by atoms with Gasteiger partial charge in [-0.1, -0.05) is 129 Å². The Morgan fingerprint density at radius 1 is 0.476 bits per heavy atom. The average Bonchev–Trinajstić information content (AvgIpc) is 4.29. The van der Waals surface area contributed by atoms with E-state index in [1.165, 1.54) is 35.1 Å². The summed E-state index contributed by atoms with van der Waals surface area (Å²) < 4.78 is 58.4. The minimum absolute atomic E-state index is 0. The molecule has 4 aromatic carbocycles. The number of β-amino-alcohol motifs (C(OH)–C–C–N with tert-alkyl or cyclic N) is 2. The van der Waals surface area contributed by atoms with Crippen LogP contribution in [0.25, 0.3) is 0 Å². The van der Waals surface area contributed by atoms with Crippen molar-refractivity contribution in [2.24, 2.45) is 0 Å². The first-order valence-electron chi connectivity index (χ1n) is 28.2. The van der Waals surface area contributed by atoms with E-state index in [0.717, 1.165) is 130 Å². The largest absolute Gasteiger partial charge is 0.392 e. The minimum atomic E-state index is -3.33. The molecule has 6 atom stereocenters. The Morgan fingerprint density at radius 2 is 0.780 bits per heavy atom. The fourth-order valence-electron chi connectivity index (χ4n) is 10.6. The van der Waals surface area contributed by atoms with E-state index in [-0.39, 0.29) is 45.3 Å². The second kappa shape index (κ2) is 36.1. The van der Waals surface area contributed by atoms with E-state index in [4.69, 9.17) is 8.37 Å². The molecule has 12 rings (SSSR count). The molecule has 452 valence electrons. The first-order chi connectivity index (χ1) is 38.7. The number of hydrogen-bond donors (Lipinski definition) is 4. The molecule has 6 aromatic rings. The first-order valence-corrected chi connectivity index (χ1v) is 31.9. The number of imidazole rings is 2. The standard InChI is InChI=1S/2C12H17NO3S.2C11H15NO.2C7H11N3.CH4.H2S/c2*1-17(14,15)16-12-7-8-13(10-12)9-11-5-3-2-4-6-11;2*13-11-6-7-12(9-11)8-10-4-2-1-3-5-10;2*1-2-8-5-7(1)10-4-3-9-6-10;;/h2*2-6,12H,7-10H2,1H3;2*1-5,11,13H,6-9H2;2*3-4,6-8H,1-2,5H2;1H4;1H2/t2*12-;2*11-;2*7-;;/m101010../s1. The van der Waals surface area contributed by atoms with Crippen LogP contribution in [0.1, 0.15) is 80.3 Å². The van der Waals surface area contributed by atoms with E-state index in [2.05, 4.69) is 122 Å². The second-order valence-corrected chi connectivity index (χ2v) is 24.7. The Bertz CT molecular complexity index is 2610. The van der Waals surface area contributed by atoms with Gasteiger partial charge in [0.05, 0.1) is 49.6 Å². The predicted molar refractivity (Wildman–Crippen MR) is 331 cm³/mol. The van der Waals surface area contributed by atoms with Crippen molar-refractivity contribution in [3.05, 3.63) is 181 Å². The molecule has 6 aliphatic heterocycles. The summed E-state index contributed by atoms with van der Waals surface area (Å²) in [6.45, 7) is 15.0. The van der Waals surface area contributed by atoms with Crippen molar-refractivity contribution in [1.29, 1.82) is 0 Å². The van der Waals surface area contributed by atoms with Gasteiger partial charge in [0.25, 0.3) is 20.2 Å². The van der Waals surface area contributed by atoms with Crippen molar-refractivity contribution in [2.75, 3.05) is 91.0 Å².